The number of allylic oxidation sites excluding steroid dienone is 5. The van der Waals surface area contributed by atoms with E-state index in [0.717, 1.165) is 0 Å². The Balaban J connectivity index is 2.37. The summed E-state index contributed by atoms with van der Waals surface area (Å²) in [4.78, 5) is 0. The van der Waals surface area contributed by atoms with Crippen molar-refractivity contribution in [1.82, 2.24) is 0 Å². The first-order valence-electron chi connectivity index (χ1n) is 8.82. The van der Waals surface area contributed by atoms with Crippen LogP contribution in [0.5, 0.6) is 0 Å². The third kappa shape index (κ3) is 3.47. The quantitative estimate of drug-likeness (QED) is 0.397. The van der Waals surface area contributed by atoms with E-state index in [2.05, 4.69) is 117 Å². The van der Waals surface area contributed by atoms with Gasteiger partial charge in [-0.3, -0.25) is 0 Å². The largest absolute Gasteiger partial charge is 0.139 e. The summed E-state index contributed by atoms with van der Waals surface area (Å²) in [6.07, 6.45) is 8.13. The molecule has 3 aromatic rings. The van der Waals surface area contributed by atoms with Crippen LogP contribution in [-0.4, -0.2) is 0 Å². The SMILES string of the molecule is C=C/C=C\C=C(/C)[P+](c1ccccc1)(c1ccccc1)c1ccccc1. The van der Waals surface area contributed by atoms with Gasteiger partial charge in [-0.1, -0.05) is 79.4 Å². The molecule has 128 valence electrons. The van der Waals surface area contributed by atoms with Crippen molar-refractivity contribution in [3.8, 4) is 0 Å². The summed E-state index contributed by atoms with van der Waals surface area (Å²) in [6.45, 7) is 6.05. The van der Waals surface area contributed by atoms with Crippen molar-refractivity contribution in [3.63, 3.8) is 0 Å². The number of benzene rings is 3. The highest BCUT2D eigenvalue weighted by atomic mass is 31.2. The van der Waals surface area contributed by atoms with Crippen molar-refractivity contribution in [2.24, 2.45) is 0 Å². The van der Waals surface area contributed by atoms with Crippen LogP contribution in [0.25, 0.3) is 0 Å². The zero-order valence-corrected chi connectivity index (χ0v) is 16.0. The molecule has 0 aromatic heterocycles. The van der Waals surface area contributed by atoms with E-state index in [-0.39, 0.29) is 0 Å². The highest BCUT2D eigenvalue weighted by Gasteiger charge is 2.47. The molecule has 0 nitrogen and oxygen atoms in total. The van der Waals surface area contributed by atoms with Crippen molar-refractivity contribution in [3.05, 3.63) is 127 Å². The predicted molar refractivity (Wildman–Crippen MR) is 118 cm³/mol. The van der Waals surface area contributed by atoms with Gasteiger partial charge in [0.25, 0.3) is 0 Å². The first-order chi connectivity index (χ1) is 12.8. The van der Waals surface area contributed by atoms with E-state index in [9.17, 15) is 0 Å². The molecule has 0 spiro atoms. The van der Waals surface area contributed by atoms with Gasteiger partial charge in [0.05, 0.1) is 5.31 Å². The van der Waals surface area contributed by atoms with Gasteiger partial charge >= 0.3 is 0 Å². The van der Waals surface area contributed by atoms with Crippen molar-refractivity contribution in [2.45, 2.75) is 6.92 Å². The Morgan fingerprint density at radius 1 is 0.654 bits per heavy atom. The minimum atomic E-state index is -1.91. The molecule has 0 radical (unpaired) electrons. The summed E-state index contributed by atoms with van der Waals surface area (Å²) < 4.78 is 0. The number of hydrogen-bond acceptors (Lipinski definition) is 0. The first kappa shape index (κ1) is 18.1. The Labute approximate surface area is 157 Å². The lowest BCUT2D eigenvalue weighted by atomic mass is 10.3. The lowest BCUT2D eigenvalue weighted by molar-refractivity contribution is 1.62. The molecule has 0 aliphatic carbocycles. The normalized spacial score (nSPS) is 12.3. The molecular formula is C25H24P+. The van der Waals surface area contributed by atoms with Crippen LogP contribution in [0.15, 0.2) is 127 Å². The summed E-state index contributed by atoms with van der Waals surface area (Å²) in [7, 11) is -1.91. The molecule has 0 fully saturated rings. The molecule has 0 saturated heterocycles. The average molecular weight is 355 g/mol. The summed E-state index contributed by atoms with van der Waals surface area (Å²) >= 11 is 0. The van der Waals surface area contributed by atoms with E-state index in [4.69, 9.17) is 0 Å². The Bertz CT molecular complexity index is 794. The molecule has 0 amide bonds. The maximum atomic E-state index is 3.79. The molecule has 0 N–H and O–H groups in total. The number of rotatable bonds is 6. The lowest BCUT2D eigenvalue weighted by Gasteiger charge is -2.28. The van der Waals surface area contributed by atoms with E-state index in [0.29, 0.717) is 0 Å². The Kier molecular flexibility index (Phi) is 6.00. The lowest BCUT2D eigenvalue weighted by Crippen LogP contribution is -2.31. The van der Waals surface area contributed by atoms with Gasteiger partial charge < -0.3 is 0 Å². The van der Waals surface area contributed by atoms with Gasteiger partial charge in [0, 0.05) is 0 Å². The molecule has 0 heterocycles. The second-order valence-corrected chi connectivity index (χ2v) is 9.70. The van der Waals surface area contributed by atoms with Crippen molar-refractivity contribution in [1.29, 1.82) is 0 Å². The van der Waals surface area contributed by atoms with Crippen LogP contribution in [0, 0.1) is 0 Å². The molecule has 1 heteroatoms. The second-order valence-electron chi connectivity index (χ2n) is 6.11. The second kappa shape index (κ2) is 8.61. The third-order valence-corrected chi connectivity index (χ3v) is 8.97. The maximum Gasteiger partial charge on any atom is 0.139 e. The smallest absolute Gasteiger partial charge is 0.0991 e. The molecule has 0 saturated carbocycles. The van der Waals surface area contributed by atoms with Crippen molar-refractivity contribution in [2.75, 3.05) is 0 Å². The summed E-state index contributed by atoms with van der Waals surface area (Å²) in [6, 6.07) is 32.7. The van der Waals surface area contributed by atoms with Crippen LogP contribution in [0.4, 0.5) is 0 Å². The summed E-state index contributed by atoms with van der Waals surface area (Å²) in [5.41, 5.74) is 0. The third-order valence-electron chi connectivity index (χ3n) is 4.54. The zero-order valence-electron chi connectivity index (χ0n) is 15.1. The van der Waals surface area contributed by atoms with Crippen molar-refractivity contribution < 1.29 is 0 Å². The zero-order chi connectivity index (χ0) is 18.2. The van der Waals surface area contributed by atoms with Crippen LogP contribution in [0.3, 0.4) is 0 Å². The van der Waals surface area contributed by atoms with Crippen LogP contribution in [0.1, 0.15) is 6.92 Å². The molecule has 0 aliphatic heterocycles. The monoisotopic (exact) mass is 355 g/mol. The minimum Gasteiger partial charge on any atom is -0.0991 e. The van der Waals surface area contributed by atoms with Gasteiger partial charge in [0.1, 0.15) is 23.2 Å². The fourth-order valence-electron chi connectivity index (χ4n) is 3.40. The fourth-order valence-corrected chi connectivity index (χ4v) is 7.68. The fraction of sp³-hybridized carbons (Fsp3) is 0.0400. The van der Waals surface area contributed by atoms with E-state index < -0.39 is 7.26 Å². The molecular weight excluding hydrogens is 331 g/mol. The topological polar surface area (TPSA) is 0 Å². The summed E-state index contributed by atoms with van der Waals surface area (Å²) in [5.74, 6) is 0. The van der Waals surface area contributed by atoms with Crippen molar-refractivity contribution >= 4 is 23.2 Å². The first-order valence-corrected chi connectivity index (χ1v) is 10.6. The van der Waals surface area contributed by atoms with E-state index in [1.807, 2.05) is 12.2 Å². The van der Waals surface area contributed by atoms with Gasteiger partial charge in [-0.2, -0.15) is 0 Å². The molecule has 3 rings (SSSR count). The Morgan fingerprint density at radius 2 is 1.04 bits per heavy atom. The van der Waals surface area contributed by atoms with Crippen LogP contribution in [-0.2, 0) is 0 Å². The van der Waals surface area contributed by atoms with Crippen LogP contribution in [0.2, 0.25) is 0 Å². The highest BCUT2D eigenvalue weighted by Crippen LogP contribution is 2.62. The molecule has 0 bridgehead atoms. The van der Waals surface area contributed by atoms with Crippen LogP contribution < -0.4 is 15.9 Å². The predicted octanol–water partition coefficient (Wildman–Crippen LogP) is 5.63. The van der Waals surface area contributed by atoms with Gasteiger partial charge in [-0.15, -0.1) is 0 Å². The maximum absolute atomic E-state index is 3.79. The van der Waals surface area contributed by atoms with Gasteiger partial charge in [-0.05, 0) is 49.4 Å². The molecule has 3 aromatic carbocycles. The van der Waals surface area contributed by atoms with Crippen LogP contribution >= 0.6 is 7.26 Å². The Morgan fingerprint density at radius 3 is 1.38 bits per heavy atom. The highest BCUT2D eigenvalue weighted by molar-refractivity contribution is 7.99. The molecule has 0 atom stereocenters. The molecule has 0 unspecified atom stereocenters. The van der Waals surface area contributed by atoms with Gasteiger partial charge in [-0.25, -0.2) is 0 Å². The molecule has 26 heavy (non-hydrogen) atoms. The Hall–Kier alpha value is -2.69. The van der Waals surface area contributed by atoms with E-state index in [1.54, 1.807) is 0 Å². The average Bonchev–Trinajstić information content (AvgIpc) is 2.71. The number of hydrogen-bond donors (Lipinski definition) is 0. The van der Waals surface area contributed by atoms with E-state index in [1.165, 1.54) is 21.2 Å². The van der Waals surface area contributed by atoms with Gasteiger partial charge in [0.2, 0.25) is 0 Å². The standard InChI is InChI=1S/C25H24P/c1-3-4-8-15-22(2)26(23-16-9-5-10-17-23,24-18-11-6-12-19-24)25-20-13-7-14-21-25/h3-21H,1H2,2H3/q+1/b8-4-,22-15+. The van der Waals surface area contributed by atoms with Gasteiger partial charge in [0.15, 0.2) is 0 Å². The summed E-state index contributed by atoms with van der Waals surface area (Å²) in [5, 5.41) is 5.49. The molecule has 0 aliphatic rings. The van der Waals surface area contributed by atoms with E-state index >= 15 is 0 Å². The minimum absolute atomic E-state index is 1.37.